The van der Waals surface area contributed by atoms with E-state index >= 15 is 0 Å². The Morgan fingerprint density at radius 3 is 2.88 bits per heavy atom. The monoisotopic (exact) mass is 423 g/mol. The van der Waals surface area contributed by atoms with E-state index in [0.29, 0.717) is 14.6 Å². The molecule has 88 valence electrons. The Labute approximate surface area is 124 Å². The molecular formula is C10H7BrIN3OS. The number of hydrogen-bond acceptors (Lipinski definition) is 4. The number of aromatic nitrogens is 1. The molecule has 3 N–H and O–H groups in total. The standard InChI is InChI=1S/C10H7BrIN3OS/c11-8-7(15-10(13)17-8)9(16)14-6-3-1-2-5(12)4-6/h1-4H,(H2,13,15)(H,14,16). The Hall–Kier alpha value is -0.670. The summed E-state index contributed by atoms with van der Waals surface area (Å²) < 4.78 is 1.69. The second kappa shape index (κ2) is 5.32. The molecule has 0 saturated carbocycles. The molecule has 1 aromatic carbocycles. The van der Waals surface area contributed by atoms with Crippen LogP contribution in [0.25, 0.3) is 0 Å². The third-order valence-corrected chi connectivity index (χ3v) is 4.11. The Morgan fingerprint density at radius 2 is 2.29 bits per heavy atom. The van der Waals surface area contributed by atoms with Gasteiger partial charge in [-0.05, 0) is 56.7 Å². The van der Waals surface area contributed by atoms with Crippen molar-refractivity contribution in [3.8, 4) is 0 Å². The minimum absolute atomic E-state index is 0.271. The largest absolute Gasteiger partial charge is 0.375 e. The molecule has 0 atom stereocenters. The molecular weight excluding hydrogens is 417 g/mol. The number of benzene rings is 1. The normalized spacial score (nSPS) is 10.2. The molecule has 0 bridgehead atoms. The van der Waals surface area contributed by atoms with Crippen LogP contribution < -0.4 is 11.1 Å². The zero-order valence-electron chi connectivity index (χ0n) is 8.41. The quantitative estimate of drug-likeness (QED) is 0.728. The lowest BCUT2D eigenvalue weighted by atomic mass is 10.3. The van der Waals surface area contributed by atoms with Gasteiger partial charge in [-0.15, -0.1) is 0 Å². The zero-order chi connectivity index (χ0) is 12.4. The fraction of sp³-hybridized carbons (Fsp3) is 0. The third-order valence-electron chi connectivity index (χ3n) is 1.90. The number of nitrogens with one attached hydrogen (secondary N) is 1. The smallest absolute Gasteiger partial charge is 0.276 e. The first-order valence-corrected chi connectivity index (χ1v) is 7.24. The third kappa shape index (κ3) is 3.17. The van der Waals surface area contributed by atoms with E-state index in [9.17, 15) is 4.79 Å². The molecule has 1 aromatic heterocycles. The minimum atomic E-state index is -0.271. The van der Waals surface area contributed by atoms with Gasteiger partial charge in [-0.2, -0.15) is 0 Å². The predicted molar refractivity (Wildman–Crippen MR) is 81.3 cm³/mol. The summed E-state index contributed by atoms with van der Waals surface area (Å²) in [7, 11) is 0. The molecule has 2 aromatic rings. The maximum atomic E-state index is 11.9. The number of halogens is 2. The maximum absolute atomic E-state index is 11.9. The van der Waals surface area contributed by atoms with Crippen LogP contribution in [-0.4, -0.2) is 10.9 Å². The first kappa shape index (κ1) is 12.8. The topological polar surface area (TPSA) is 68.0 Å². The van der Waals surface area contributed by atoms with E-state index in [2.05, 4.69) is 48.8 Å². The van der Waals surface area contributed by atoms with Crippen LogP contribution >= 0.6 is 49.9 Å². The van der Waals surface area contributed by atoms with Gasteiger partial charge in [-0.1, -0.05) is 17.4 Å². The van der Waals surface area contributed by atoms with Crippen LogP contribution in [0.5, 0.6) is 0 Å². The number of carbonyl (C=O) groups excluding carboxylic acids is 1. The highest BCUT2D eigenvalue weighted by atomic mass is 127. The Balaban J connectivity index is 2.20. The summed E-state index contributed by atoms with van der Waals surface area (Å²) >= 11 is 6.68. The van der Waals surface area contributed by atoms with Crippen LogP contribution in [0.4, 0.5) is 10.8 Å². The Bertz CT molecular complexity index is 572. The Kier molecular flexibility index (Phi) is 4.00. The van der Waals surface area contributed by atoms with Gasteiger partial charge in [-0.25, -0.2) is 4.98 Å². The number of amides is 1. The number of thiazole rings is 1. The lowest BCUT2D eigenvalue weighted by Gasteiger charge is -2.03. The van der Waals surface area contributed by atoms with Crippen molar-refractivity contribution in [2.45, 2.75) is 0 Å². The fourth-order valence-electron chi connectivity index (χ4n) is 1.21. The van der Waals surface area contributed by atoms with Crippen LogP contribution in [0.1, 0.15) is 10.5 Å². The van der Waals surface area contributed by atoms with E-state index in [4.69, 9.17) is 5.73 Å². The number of nitrogen functional groups attached to an aromatic ring is 1. The van der Waals surface area contributed by atoms with Gasteiger partial charge >= 0.3 is 0 Å². The summed E-state index contributed by atoms with van der Waals surface area (Å²) in [6.45, 7) is 0. The van der Waals surface area contributed by atoms with Crippen LogP contribution in [0.15, 0.2) is 28.1 Å². The average Bonchev–Trinajstić information content (AvgIpc) is 2.58. The minimum Gasteiger partial charge on any atom is -0.375 e. The van der Waals surface area contributed by atoms with Gasteiger partial charge in [0.05, 0.1) is 0 Å². The first-order valence-electron chi connectivity index (χ1n) is 4.55. The fourth-order valence-corrected chi connectivity index (χ4v) is 3.08. The molecule has 0 unspecified atom stereocenters. The molecule has 0 saturated heterocycles. The van der Waals surface area contributed by atoms with Crippen LogP contribution in [-0.2, 0) is 0 Å². The number of nitrogens with two attached hydrogens (primary N) is 1. The van der Waals surface area contributed by atoms with E-state index < -0.39 is 0 Å². The maximum Gasteiger partial charge on any atom is 0.276 e. The van der Waals surface area contributed by atoms with Gasteiger partial charge in [0.2, 0.25) is 0 Å². The molecule has 1 heterocycles. The predicted octanol–water partition coefficient (Wildman–Crippen LogP) is 3.34. The van der Waals surface area contributed by atoms with Crippen LogP contribution in [0, 0.1) is 3.57 Å². The molecule has 0 spiro atoms. The van der Waals surface area contributed by atoms with Crippen molar-refractivity contribution in [3.63, 3.8) is 0 Å². The number of hydrogen-bond donors (Lipinski definition) is 2. The highest BCUT2D eigenvalue weighted by molar-refractivity contribution is 14.1. The van der Waals surface area contributed by atoms with Gasteiger partial charge < -0.3 is 11.1 Å². The average molecular weight is 424 g/mol. The van der Waals surface area contributed by atoms with Gasteiger partial charge in [-0.3, -0.25) is 4.79 Å². The zero-order valence-corrected chi connectivity index (χ0v) is 13.0. The van der Waals surface area contributed by atoms with Gasteiger partial charge in [0.1, 0.15) is 3.79 Å². The summed E-state index contributed by atoms with van der Waals surface area (Å²) in [6, 6.07) is 7.53. The molecule has 7 heteroatoms. The Morgan fingerprint density at radius 1 is 1.53 bits per heavy atom. The van der Waals surface area contributed by atoms with Crippen molar-refractivity contribution in [2.75, 3.05) is 11.1 Å². The summed E-state index contributed by atoms with van der Waals surface area (Å²) in [4.78, 5) is 15.9. The summed E-state index contributed by atoms with van der Waals surface area (Å²) in [5, 5.41) is 3.13. The summed E-state index contributed by atoms with van der Waals surface area (Å²) in [6.07, 6.45) is 0. The first-order chi connectivity index (χ1) is 8.06. The molecule has 0 aliphatic heterocycles. The summed E-state index contributed by atoms with van der Waals surface area (Å²) in [5.74, 6) is -0.271. The molecule has 4 nitrogen and oxygen atoms in total. The number of carbonyl (C=O) groups is 1. The molecule has 0 aliphatic rings. The molecule has 1 amide bonds. The van der Waals surface area contributed by atoms with Crippen molar-refractivity contribution >= 4 is 66.6 Å². The lowest BCUT2D eigenvalue weighted by Crippen LogP contribution is -2.13. The highest BCUT2D eigenvalue weighted by Gasteiger charge is 2.15. The molecule has 0 fully saturated rings. The van der Waals surface area contributed by atoms with Gasteiger partial charge in [0.15, 0.2) is 10.8 Å². The number of nitrogens with zero attached hydrogens (tertiary/aromatic N) is 1. The SMILES string of the molecule is Nc1nc(C(=O)Nc2cccc(I)c2)c(Br)s1. The van der Waals surface area contributed by atoms with E-state index in [1.165, 1.54) is 11.3 Å². The van der Waals surface area contributed by atoms with E-state index in [-0.39, 0.29) is 5.91 Å². The van der Waals surface area contributed by atoms with Crippen molar-refractivity contribution in [1.82, 2.24) is 4.98 Å². The highest BCUT2D eigenvalue weighted by Crippen LogP contribution is 2.27. The second-order valence-electron chi connectivity index (χ2n) is 3.14. The van der Waals surface area contributed by atoms with Gasteiger partial charge in [0, 0.05) is 9.26 Å². The van der Waals surface area contributed by atoms with Crippen LogP contribution in [0.3, 0.4) is 0 Å². The van der Waals surface area contributed by atoms with Crippen LogP contribution in [0.2, 0.25) is 0 Å². The van der Waals surface area contributed by atoms with E-state index in [1.807, 2.05) is 24.3 Å². The van der Waals surface area contributed by atoms with Crippen molar-refractivity contribution in [2.24, 2.45) is 0 Å². The summed E-state index contributed by atoms with van der Waals surface area (Å²) in [5.41, 5.74) is 6.58. The van der Waals surface area contributed by atoms with Crippen molar-refractivity contribution < 1.29 is 4.79 Å². The van der Waals surface area contributed by atoms with E-state index in [0.717, 1.165) is 9.26 Å². The number of rotatable bonds is 2. The van der Waals surface area contributed by atoms with Gasteiger partial charge in [0.25, 0.3) is 5.91 Å². The van der Waals surface area contributed by atoms with Crippen molar-refractivity contribution in [1.29, 1.82) is 0 Å². The number of anilines is 2. The molecule has 0 radical (unpaired) electrons. The molecule has 2 rings (SSSR count). The molecule has 17 heavy (non-hydrogen) atoms. The second-order valence-corrected chi connectivity index (χ2v) is 6.73. The lowest BCUT2D eigenvalue weighted by molar-refractivity contribution is 0.102. The molecule has 0 aliphatic carbocycles. The van der Waals surface area contributed by atoms with E-state index in [1.54, 1.807) is 0 Å². The van der Waals surface area contributed by atoms with Crippen molar-refractivity contribution in [3.05, 3.63) is 37.3 Å².